The summed E-state index contributed by atoms with van der Waals surface area (Å²) < 4.78 is 0. The monoisotopic (exact) mass is 328 g/mol. The molecule has 0 saturated heterocycles. The summed E-state index contributed by atoms with van der Waals surface area (Å²) in [6.45, 7) is 5.86. The predicted molar refractivity (Wildman–Crippen MR) is 56.0 cm³/mol. The van der Waals surface area contributed by atoms with Crippen LogP contribution in [0, 0.1) is 11.3 Å². The summed E-state index contributed by atoms with van der Waals surface area (Å²) in [5.74, 6) is -3.77. The molecule has 5 heteroatoms. The molecule has 0 aromatic rings. The zero-order valence-corrected chi connectivity index (χ0v) is 8.20. The summed E-state index contributed by atoms with van der Waals surface area (Å²) in [5.41, 5.74) is -0.0247. The molecule has 0 aliphatic heterocycles. The van der Waals surface area contributed by atoms with Crippen molar-refractivity contribution in [2.45, 2.75) is 33.6 Å². The number of hydrogen-bond acceptors (Lipinski definition) is 2. The van der Waals surface area contributed by atoms with Gasteiger partial charge >= 0.3 is 60.8 Å². The van der Waals surface area contributed by atoms with E-state index in [0.717, 1.165) is 0 Å². The van der Waals surface area contributed by atoms with Gasteiger partial charge in [0.1, 0.15) is 0 Å². The first-order chi connectivity index (χ1) is 5.74. The minimum absolute atomic E-state index is 0. The summed E-state index contributed by atoms with van der Waals surface area (Å²) in [4.78, 5) is 21.0. The average Bonchev–Trinajstić information content (AvgIpc) is 1.82. The van der Waals surface area contributed by atoms with Crippen LogP contribution in [0.25, 0.3) is 0 Å². The van der Waals surface area contributed by atoms with Gasteiger partial charge in [0.2, 0.25) is 0 Å². The van der Waals surface area contributed by atoms with Crippen molar-refractivity contribution < 1.29 is 19.8 Å². The van der Waals surface area contributed by atoms with Gasteiger partial charge in [-0.05, 0) is 18.3 Å². The average molecular weight is 328 g/mol. The van der Waals surface area contributed by atoms with Gasteiger partial charge in [0.25, 0.3) is 0 Å². The molecule has 0 saturated carbocycles. The molecule has 0 unspecified atom stereocenters. The third-order valence-electron chi connectivity index (χ3n) is 1.78. The van der Waals surface area contributed by atoms with Gasteiger partial charge in [-0.1, -0.05) is 20.8 Å². The van der Waals surface area contributed by atoms with E-state index in [2.05, 4.69) is 0 Å². The molecule has 0 aromatic carbocycles. The molecule has 0 radical (unpaired) electrons. The second-order valence-corrected chi connectivity index (χ2v) is 4.33. The van der Waals surface area contributed by atoms with Crippen molar-refractivity contribution in [2.75, 3.05) is 0 Å². The minimum atomic E-state index is -1.26. The van der Waals surface area contributed by atoms with Crippen LogP contribution in [-0.2, 0) is 9.59 Å². The van der Waals surface area contributed by atoms with Crippen LogP contribution in [0.4, 0.5) is 0 Å². The fraction of sp³-hybridized carbons (Fsp3) is 0.778. The fourth-order valence-corrected chi connectivity index (χ4v) is 0.930. The topological polar surface area (TPSA) is 74.6 Å². The van der Waals surface area contributed by atoms with E-state index in [9.17, 15) is 9.59 Å². The Kier molecular flexibility index (Phi) is 8.34. The Hall–Kier alpha value is 0.511. The fourth-order valence-electron chi connectivity index (χ4n) is 0.930. The molecule has 80 valence electrons. The van der Waals surface area contributed by atoms with Gasteiger partial charge in [-0.25, -0.2) is 0 Å². The number of carbonyl (C=O) groups is 2. The molecule has 14 heavy (non-hydrogen) atoms. The van der Waals surface area contributed by atoms with Crippen molar-refractivity contribution in [3.63, 3.8) is 0 Å². The van der Waals surface area contributed by atoms with Gasteiger partial charge in [-0.2, -0.15) is 0 Å². The molecule has 0 spiro atoms. The Morgan fingerprint density at radius 2 is 1.50 bits per heavy atom. The molecule has 0 aliphatic rings. The Labute approximate surface area is 124 Å². The molecule has 2 N–H and O–H groups in total. The molecule has 0 aliphatic carbocycles. The van der Waals surface area contributed by atoms with E-state index in [0.29, 0.717) is 6.42 Å². The van der Waals surface area contributed by atoms with Crippen molar-refractivity contribution in [3.8, 4) is 0 Å². The van der Waals surface area contributed by atoms with Gasteiger partial charge in [0, 0.05) is 0 Å². The van der Waals surface area contributed by atoms with E-state index in [-0.39, 0.29) is 60.7 Å². The number of hydrogen-bond donors (Lipinski definition) is 2. The third-order valence-corrected chi connectivity index (χ3v) is 1.78. The molecular weight excluding hydrogens is 309 g/mol. The molecule has 0 atom stereocenters. The molecule has 0 heterocycles. The van der Waals surface area contributed by atoms with Crippen LogP contribution >= 0.6 is 0 Å². The van der Waals surface area contributed by atoms with Crippen molar-refractivity contribution >= 4 is 60.8 Å². The molecular formula is C9H18BaO4. The van der Waals surface area contributed by atoms with E-state index in [4.69, 9.17) is 10.2 Å². The summed E-state index contributed by atoms with van der Waals surface area (Å²) in [6, 6.07) is 0. The first-order valence-corrected chi connectivity index (χ1v) is 4.19. The summed E-state index contributed by atoms with van der Waals surface area (Å²) in [7, 11) is 0. The number of carboxylic acid groups (broad SMARTS) is 2. The quantitative estimate of drug-likeness (QED) is 0.588. The Morgan fingerprint density at radius 3 is 1.71 bits per heavy atom. The van der Waals surface area contributed by atoms with E-state index >= 15 is 0 Å². The SMILES string of the molecule is CC(C)(C)CCC(C(=O)O)C(=O)O.[BaH2]. The summed E-state index contributed by atoms with van der Waals surface area (Å²) in [5, 5.41) is 17.1. The normalized spacial score (nSPS) is 10.9. The maximum absolute atomic E-state index is 10.5. The Balaban J connectivity index is 0. The standard InChI is InChI=1S/C9H16O4.Ba.2H/c1-9(2,3)5-4-6(7(10)11)8(12)13;;;/h6H,4-5H2,1-3H3,(H,10,11)(H,12,13);;;. The van der Waals surface area contributed by atoms with Crippen LogP contribution in [-0.4, -0.2) is 71.0 Å². The Bertz CT molecular complexity index is 193. The molecule has 0 rings (SSSR count). The van der Waals surface area contributed by atoms with Crippen molar-refractivity contribution in [1.82, 2.24) is 0 Å². The molecule has 4 nitrogen and oxygen atoms in total. The van der Waals surface area contributed by atoms with E-state index in [1.54, 1.807) is 0 Å². The zero-order chi connectivity index (χ0) is 10.6. The van der Waals surface area contributed by atoms with E-state index in [1.807, 2.05) is 20.8 Å². The van der Waals surface area contributed by atoms with Gasteiger partial charge in [0.05, 0.1) is 0 Å². The van der Waals surface area contributed by atoms with Crippen LogP contribution in [0.5, 0.6) is 0 Å². The second kappa shape index (κ2) is 6.90. The molecule has 0 amide bonds. The van der Waals surface area contributed by atoms with Crippen LogP contribution in [0.15, 0.2) is 0 Å². The summed E-state index contributed by atoms with van der Waals surface area (Å²) in [6.07, 6.45) is 0.782. The number of aliphatic carboxylic acids is 2. The van der Waals surface area contributed by atoms with Crippen molar-refractivity contribution in [1.29, 1.82) is 0 Å². The second-order valence-electron chi connectivity index (χ2n) is 4.33. The predicted octanol–water partition coefficient (Wildman–Crippen LogP) is 0.682. The van der Waals surface area contributed by atoms with Gasteiger partial charge < -0.3 is 10.2 Å². The maximum atomic E-state index is 10.5. The molecule has 0 fully saturated rings. The first kappa shape index (κ1) is 16.9. The van der Waals surface area contributed by atoms with Crippen molar-refractivity contribution in [3.05, 3.63) is 0 Å². The van der Waals surface area contributed by atoms with Crippen LogP contribution in [0.3, 0.4) is 0 Å². The van der Waals surface area contributed by atoms with Gasteiger partial charge in [-0.3, -0.25) is 9.59 Å². The van der Waals surface area contributed by atoms with Crippen LogP contribution < -0.4 is 0 Å². The summed E-state index contributed by atoms with van der Waals surface area (Å²) >= 11 is 0. The Morgan fingerprint density at radius 1 is 1.14 bits per heavy atom. The van der Waals surface area contributed by atoms with E-state index in [1.165, 1.54) is 0 Å². The van der Waals surface area contributed by atoms with Crippen LogP contribution in [0.2, 0.25) is 0 Å². The molecule has 0 bridgehead atoms. The zero-order valence-electron chi connectivity index (χ0n) is 8.20. The third kappa shape index (κ3) is 7.87. The van der Waals surface area contributed by atoms with Gasteiger partial charge in [0.15, 0.2) is 5.92 Å². The van der Waals surface area contributed by atoms with E-state index < -0.39 is 17.9 Å². The van der Waals surface area contributed by atoms with Crippen LogP contribution in [0.1, 0.15) is 33.6 Å². The first-order valence-electron chi connectivity index (χ1n) is 4.19. The van der Waals surface area contributed by atoms with Gasteiger partial charge in [-0.15, -0.1) is 0 Å². The number of rotatable bonds is 4. The number of carboxylic acids is 2. The molecule has 0 aromatic heterocycles. The van der Waals surface area contributed by atoms with Crippen molar-refractivity contribution in [2.24, 2.45) is 11.3 Å².